The third-order valence-corrected chi connectivity index (χ3v) is 3.14. The summed E-state index contributed by atoms with van der Waals surface area (Å²) < 4.78 is 5.47. The van der Waals surface area contributed by atoms with Gasteiger partial charge in [-0.3, -0.25) is 4.79 Å². The zero-order chi connectivity index (χ0) is 12.8. The number of likely N-dealkylation sites (tertiary alicyclic amines) is 1. The minimum absolute atomic E-state index is 0.0128. The predicted molar refractivity (Wildman–Crippen MR) is 68.5 cm³/mol. The smallest absolute Gasteiger partial charge is 0.222 e. The van der Waals surface area contributed by atoms with Crippen molar-refractivity contribution in [1.29, 1.82) is 0 Å². The van der Waals surface area contributed by atoms with Crippen LogP contribution in [0.1, 0.15) is 18.4 Å². The van der Waals surface area contributed by atoms with E-state index in [4.69, 9.17) is 9.84 Å². The van der Waals surface area contributed by atoms with Crippen LogP contribution in [0, 0.1) is 0 Å². The maximum atomic E-state index is 11.5. The van der Waals surface area contributed by atoms with Gasteiger partial charge in [-0.05, 0) is 24.5 Å². The van der Waals surface area contributed by atoms with Gasteiger partial charge in [0.05, 0.1) is 6.61 Å². The molecule has 18 heavy (non-hydrogen) atoms. The Hall–Kier alpha value is -1.55. The standard InChI is InChI=1S/C14H19NO3/c16-10-11-18-13-5-2-1-4-12(13)7-9-15-8-3-6-14(15)17/h1-2,4-5,16H,3,6-11H2. The zero-order valence-electron chi connectivity index (χ0n) is 10.5. The molecule has 0 atom stereocenters. The molecular weight excluding hydrogens is 230 g/mol. The highest BCUT2D eigenvalue weighted by molar-refractivity contribution is 5.78. The highest BCUT2D eigenvalue weighted by atomic mass is 16.5. The molecule has 0 aliphatic carbocycles. The number of carbonyl (C=O) groups excluding carboxylic acids is 1. The van der Waals surface area contributed by atoms with Crippen LogP contribution >= 0.6 is 0 Å². The summed E-state index contributed by atoms with van der Waals surface area (Å²) in [7, 11) is 0. The summed E-state index contributed by atoms with van der Waals surface area (Å²) in [6.07, 6.45) is 2.46. The second kappa shape index (κ2) is 6.40. The third kappa shape index (κ3) is 3.23. The van der Waals surface area contributed by atoms with Gasteiger partial charge in [0.1, 0.15) is 12.4 Å². The number of benzene rings is 1. The van der Waals surface area contributed by atoms with Crippen LogP contribution in [0.4, 0.5) is 0 Å². The van der Waals surface area contributed by atoms with Crippen molar-refractivity contribution in [2.45, 2.75) is 19.3 Å². The van der Waals surface area contributed by atoms with Gasteiger partial charge in [-0.1, -0.05) is 18.2 Å². The molecule has 98 valence electrons. The summed E-state index contributed by atoms with van der Waals surface area (Å²) in [5.41, 5.74) is 1.09. The molecule has 4 heteroatoms. The van der Waals surface area contributed by atoms with Crippen LogP contribution < -0.4 is 4.74 Å². The highest BCUT2D eigenvalue weighted by Gasteiger charge is 2.19. The lowest BCUT2D eigenvalue weighted by atomic mass is 10.1. The van der Waals surface area contributed by atoms with E-state index >= 15 is 0 Å². The fourth-order valence-electron chi connectivity index (χ4n) is 2.20. The number of aliphatic hydroxyl groups is 1. The largest absolute Gasteiger partial charge is 0.491 e. The monoisotopic (exact) mass is 249 g/mol. The van der Waals surface area contributed by atoms with Crippen molar-refractivity contribution in [2.24, 2.45) is 0 Å². The molecular formula is C14H19NO3. The van der Waals surface area contributed by atoms with Crippen molar-refractivity contribution >= 4 is 5.91 Å². The number of nitrogens with zero attached hydrogens (tertiary/aromatic N) is 1. The number of ether oxygens (including phenoxy) is 1. The second-order valence-electron chi connectivity index (χ2n) is 4.41. The predicted octanol–water partition coefficient (Wildman–Crippen LogP) is 1.22. The second-order valence-corrected chi connectivity index (χ2v) is 4.41. The van der Waals surface area contributed by atoms with Gasteiger partial charge in [0.25, 0.3) is 0 Å². The highest BCUT2D eigenvalue weighted by Crippen LogP contribution is 2.19. The Balaban J connectivity index is 1.93. The number of rotatable bonds is 6. The summed E-state index contributed by atoms with van der Waals surface area (Å²) >= 11 is 0. The van der Waals surface area contributed by atoms with Gasteiger partial charge < -0.3 is 14.7 Å². The van der Waals surface area contributed by atoms with Gasteiger partial charge in [-0.25, -0.2) is 0 Å². The van der Waals surface area contributed by atoms with E-state index in [0.29, 0.717) is 13.0 Å². The molecule has 1 fully saturated rings. The van der Waals surface area contributed by atoms with Crippen LogP contribution in [0.5, 0.6) is 5.75 Å². The first-order chi connectivity index (χ1) is 8.81. The van der Waals surface area contributed by atoms with Gasteiger partial charge in [0.2, 0.25) is 5.91 Å². The van der Waals surface area contributed by atoms with Gasteiger partial charge in [0.15, 0.2) is 0 Å². The normalized spacial score (nSPS) is 15.2. The molecule has 4 nitrogen and oxygen atoms in total. The molecule has 0 saturated carbocycles. The van der Waals surface area contributed by atoms with Crippen LogP contribution in [0.25, 0.3) is 0 Å². The maximum absolute atomic E-state index is 11.5. The number of aliphatic hydroxyl groups excluding tert-OH is 1. The third-order valence-electron chi connectivity index (χ3n) is 3.14. The molecule has 0 bridgehead atoms. The maximum Gasteiger partial charge on any atom is 0.222 e. The lowest BCUT2D eigenvalue weighted by Gasteiger charge is -2.16. The van der Waals surface area contributed by atoms with Crippen LogP contribution in [-0.4, -0.2) is 42.2 Å². The van der Waals surface area contributed by atoms with Gasteiger partial charge in [0, 0.05) is 19.5 Å². The number of para-hydroxylation sites is 1. The SMILES string of the molecule is O=C1CCCN1CCc1ccccc1OCCO. The summed E-state index contributed by atoms with van der Waals surface area (Å²) in [5.74, 6) is 1.06. The molecule has 0 aromatic heterocycles. The van der Waals surface area contributed by atoms with E-state index in [1.54, 1.807) is 0 Å². The Morgan fingerprint density at radius 1 is 1.33 bits per heavy atom. The lowest BCUT2D eigenvalue weighted by molar-refractivity contribution is -0.127. The summed E-state index contributed by atoms with van der Waals surface area (Å²) in [4.78, 5) is 13.4. The number of amides is 1. The summed E-state index contributed by atoms with van der Waals surface area (Å²) in [6.45, 7) is 1.94. The Morgan fingerprint density at radius 3 is 2.89 bits per heavy atom. The molecule has 1 N–H and O–H groups in total. The molecule has 1 aliphatic heterocycles. The Bertz CT molecular complexity index is 406. The first-order valence-electron chi connectivity index (χ1n) is 6.40. The quantitative estimate of drug-likeness (QED) is 0.824. The van der Waals surface area contributed by atoms with Gasteiger partial charge in [-0.2, -0.15) is 0 Å². The van der Waals surface area contributed by atoms with Crippen molar-refractivity contribution in [3.63, 3.8) is 0 Å². The molecule has 1 aliphatic rings. The van der Waals surface area contributed by atoms with Crippen molar-refractivity contribution in [3.05, 3.63) is 29.8 Å². The molecule has 0 spiro atoms. The number of carbonyl (C=O) groups is 1. The molecule has 1 aromatic rings. The van der Waals surface area contributed by atoms with Crippen molar-refractivity contribution < 1.29 is 14.6 Å². The molecule has 1 aromatic carbocycles. The molecule has 0 radical (unpaired) electrons. The number of hydrogen-bond acceptors (Lipinski definition) is 3. The van der Waals surface area contributed by atoms with E-state index in [2.05, 4.69) is 0 Å². The minimum atomic E-state index is 0.0128. The topological polar surface area (TPSA) is 49.8 Å². The molecule has 1 amide bonds. The van der Waals surface area contributed by atoms with Gasteiger partial charge >= 0.3 is 0 Å². The van der Waals surface area contributed by atoms with E-state index in [1.807, 2.05) is 29.2 Å². The molecule has 1 saturated heterocycles. The summed E-state index contributed by atoms with van der Waals surface area (Å²) in [5, 5.41) is 8.78. The summed E-state index contributed by atoms with van der Waals surface area (Å²) in [6, 6.07) is 7.79. The fourth-order valence-corrected chi connectivity index (χ4v) is 2.20. The van der Waals surface area contributed by atoms with Crippen molar-refractivity contribution in [3.8, 4) is 5.75 Å². The minimum Gasteiger partial charge on any atom is -0.491 e. The van der Waals surface area contributed by atoms with E-state index in [1.165, 1.54) is 0 Å². The zero-order valence-corrected chi connectivity index (χ0v) is 10.5. The van der Waals surface area contributed by atoms with Crippen molar-refractivity contribution in [2.75, 3.05) is 26.3 Å². The van der Waals surface area contributed by atoms with Crippen LogP contribution in [-0.2, 0) is 11.2 Å². The Kier molecular flexibility index (Phi) is 4.59. The average molecular weight is 249 g/mol. The number of hydrogen-bond donors (Lipinski definition) is 1. The van der Waals surface area contributed by atoms with E-state index in [9.17, 15) is 4.79 Å². The Morgan fingerprint density at radius 2 is 2.17 bits per heavy atom. The molecule has 1 heterocycles. The van der Waals surface area contributed by atoms with Crippen molar-refractivity contribution in [1.82, 2.24) is 4.90 Å². The van der Waals surface area contributed by atoms with Crippen LogP contribution in [0.3, 0.4) is 0 Å². The fraction of sp³-hybridized carbons (Fsp3) is 0.500. The van der Waals surface area contributed by atoms with E-state index < -0.39 is 0 Å². The van der Waals surface area contributed by atoms with Gasteiger partial charge in [-0.15, -0.1) is 0 Å². The first kappa shape index (κ1) is 12.9. The lowest BCUT2D eigenvalue weighted by Crippen LogP contribution is -2.27. The molecule has 0 unspecified atom stereocenters. The Labute approximate surface area is 107 Å². The van der Waals surface area contributed by atoms with E-state index in [0.717, 1.165) is 37.2 Å². The van der Waals surface area contributed by atoms with E-state index in [-0.39, 0.29) is 12.5 Å². The first-order valence-corrected chi connectivity index (χ1v) is 6.40. The van der Waals surface area contributed by atoms with Crippen LogP contribution in [0.15, 0.2) is 24.3 Å². The average Bonchev–Trinajstić information content (AvgIpc) is 2.80. The van der Waals surface area contributed by atoms with Crippen LogP contribution in [0.2, 0.25) is 0 Å². The molecule has 2 rings (SSSR count).